The Hall–Kier alpha value is -6.60. The van der Waals surface area contributed by atoms with E-state index < -0.39 is 11.4 Å². The van der Waals surface area contributed by atoms with Crippen molar-refractivity contribution in [2.24, 2.45) is 5.73 Å². The van der Waals surface area contributed by atoms with Crippen molar-refractivity contribution in [3.63, 3.8) is 0 Å². The van der Waals surface area contributed by atoms with E-state index in [1.807, 2.05) is 100 Å². The second-order valence-corrected chi connectivity index (χ2v) is 11.9. The molecule has 49 heavy (non-hydrogen) atoms. The molecule has 8 rings (SSSR count). The van der Waals surface area contributed by atoms with Gasteiger partial charge in [0.15, 0.2) is 0 Å². The van der Waals surface area contributed by atoms with Crippen LogP contribution in [0.5, 0.6) is 0 Å². The van der Waals surface area contributed by atoms with Crippen LogP contribution in [0.25, 0.3) is 39.3 Å². The maximum atomic E-state index is 14.2. The Balaban J connectivity index is 1.40. The minimum atomic E-state index is -0.844. The lowest BCUT2D eigenvalue weighted by Crippen LogP contribution is -2.38. The predicted molar refractivity (Wildman–Crippen MR) is 190 cm³/mol. The summed E-state index contributed by atoms with van der Waals surface area (Å²) in [6, 6.07) is 48.7. The molecule has 0 bridgehead atoms. The number of nitrogens with two attached hydrogens (primary N) is 1. The third-order valence-corrected chi connectivity index (χ3v) is 9.03. The minimum absolute atomic E-state index is 0.316. The Morgan fingerprint density at radius 2 is 1.14 bits per heavy atom. The minimum Gasteiger partial charge on any atom is -0.366 e. The van der Waals surface area contributed by atoms with Gasteiger partial charge < -0.3 is 5.73 Å². The Morgan fingerprint density at radius 3 is 1.69 bits per heavy atom. The molecule has 0 fully saturated rings. The summed E-state index contributed by atoms with van der Waals surface area (Å²) >= 11 is 0. The molecule has 0 radical (unpaired) electrons. The first kappa shape index (κ1) is 29.8. The lowest BCUT2D eigenvalue weighted by Gasteiger charge is -2.36. The van der Waals surface area contributed by atoms with Gasteiger partial charge in [-0.3, -0.25) is 13.9 Å². The predicted octanol–water partition coefficient (Wildman–Crippen LogP) is 8.61. The molecule has 3 aromatic heterocycles. The van der Waals surface area contributed by atoms with Gasteiger partial charge in [-0.1, -0.05) is 103 Å². The fourth-order valence-corrected chi connectivity index (χ4v) is 6.67. The van der Waals surface area contributed by atoms with Crippen LogP contribution in [-0.4, -0.2) is 25.1 Å². The van der Waals surface area contributed by atoms with E-state index in [-0.39, 0.29) is 5.82 Å². The maximum absolute atomic E-state index is 14.2. The van der Waals surface area contributed by atoms with Crippen molar-refractivity contribution in [1.29, 1.82) is 0 Å². The fraction of sp³-hybridized carbons (Fsp3) is 0.0238. The van der Waals surface area contributed by atoms with Gasteiger partial charge in [0.1, 0.15) is 22.7 Å². The molecular formula is C42H30FN5O. The van der Waals surface area contributed by atoms with Crippen molar-refractivity contribution < 1.29 is 9.18 Å². The van der Waals surface area contributed by atoms with Crippen LogP contribution >= 0.6 is 0 Å². The first-order chi connectivity index (χ1) is 24.0. The molecule has 2 N–H and O–H groups in total. The van der Waals surface area contributed by atoms with Crippen molar-refractivity contribution in [1.82, 2.24) is 19.2 Å². The molecule has 0 saturated heterocycles. The highest BCUT2D eigenvalue weighted by atomic mass is 19.1. The number of rotatable bonds is 8. The maximum Gasteiger partial charge on any atom is 0.248 e. The molecule has 7 heteroatoms. The number of pyridine rings is 1. The molecule has 0 aliphatic heterocycles. The molecule has 3 heterocycles. The Kier molecular flexibility index (Phi) is 7.42. The summed E-state index contributed by atoms with van der Waals surface area (Å²) in [7, 11) is 0. The normalized spacial score (nSPS) is 11.5. The number of primary amides is 1. The number of imidazole rings is 1. The molecular weight excluding hydrogens is 609 g/mol. The first-order valence-electron chi connectivity index (χ1n) is 15.9. The van der Waals surface area contributed by atoms with Gasteiger partial charge in [0.2, 0.25) is 5.91 Å². The summed E-state index contributed by atoms with van der Waals surface area (Å²) in [5.74, 6) is -0.793. The largest absolute Gasteiger partial charge is 0.366 e. The van der Waals surface area contributed by atoms with Crippen LogP contribution in [0.3, 0.4) is 0 Å². The van der Waals surface area contributed by atoms with Gasteiger partial charge in [-0.05, 0) is 65.2 Å². The zero-order valence-corrected chi connectivity index (χ0v) is 26.3. The number of carbonyl (C=O) groups excluding carboxylic acids is 1. The van der Waals surface area contributed by atoms with Gasteiger partial charge in [-0.2, -0.15) is 5.10 Å². The quantitative estimate of drug-likeness (QED) is 0.169. The highest BCUT2D eigenvalue weighted by Crippen LogP contribution is 2.43. The van der Waals surface area contributed by atoms with Crippen molar-refractivity contribution in [3.8, 4) is 33.6 Å². The summed E-state index contributed by atoms with van der Waals surface area (Å²) < 4.78 is 18.3. The average molecular weight is 640 g/mol. The summed E-state index contributed by atoms with van der Waals surface area (Å²) in [4.78, 5) is 16.4. The molecule has 0 spiro atoms. The van der Waals surface area contributed by atoms with Gasteiger partial charge in [0, 0.05) is 40.2 Å². The number of hydrogen-bond acceptors (Lipinski definition) is 3. The van der Waals surface area contributed by atoms with Gasteiger partial charge in [0.05, 0.1) is 11.9 Å². The molecule has 1 amide bonds. The smallest absolute Gasteiger partial charge is 0.248 e. The van der Waals surface area contributed by atoms with E-state index in [0.29, 0.717) is 11.3 Å². The summed E-state index contributed by atoms with van der Waals surface area (Å²) in [5, 5.41) is 5.39. The molecule has 0 saturated carbocycles. The summed E-state index contributed by atoms with van der Waals surface area (Å²) in [5.41, 5.74) is 14.0. The summed E-state index contributed by atoms with van der Waals surface area (Å²) in [6.45, 7) is 0. The van der Waals surface area contributed by atoms with E-state index >= 15 is 0 Å². The monoisotopic (exact) mass is 639 g/mol. The first-order valence-corrected chi connectivity index (χ1v) is 15.9. The van der Waals surface area contributed by atoms with Crippen LogP contribution in [0.15, 0.2) is 170 Å². The summed E-state index contributed by atoms with van der Waals surface area (Å²) in [6.07, 6.45) is 5.95. The van der Waals surface area contributed by atoms with E-state index in [1.54, 1.807) is 24.3 Å². The average Bonchev–Trinajstić information content (AvgIpc) is 3.79. The zero-order valence-electron chi connectivity index (χ0n) is 26.3. The van der Waals surface area contributed by atoms with Crippen LogP contribution < -0.4 is 5.73 Å². The fourth-order valence-electron chi connectivity index (χ4n) is 6.67. The van der Waals surface area contributed by atoms with Crippen LogP contribution in [0.4, 0.5) is 4.39 Å². The van der Waals surface area contributed by atoms with Crippen molar-refractivity contribution in [3.05, 3.63) is 198 Å². The van der Waals surface area contributed by atoms with Crippen LogP contribution in [-0.2, 0) is 5.54 Å². The highest BCUT2D eigenvalue weighted by Gasteiger charge is 2.40. The second-order valence-electron chi connectivity index (χ2n) is 11.9. The number of fused-ring (bicyclic) bond motifs is 1. The van der Waals surface area contributed by atoms with Crippen LogP contribution in [0, 0.1) is 5.82 Å². The Bertz CT molecular complexity index is 2300. The second kappa shape index (κ2) is 12.2. The molecule has 8 aromatic rings. The molecule has 0 unspecified atom stereocenters. The lowest BCUT2D eigenvalue weighted by molar-refractivity contribution is 0.100. The molecule has 236 valence electrons. The number of carbonyl (C=O) groups is 1. The number of aromatic nitrogens is 4. The molecule has 0 atom stereocenters. The van der Waals surface area contributed by atoms with E-state index in [0.717, 1.165) is 50.3 Å². The van der Waals surface area contributed by atoms with Gasteiger partial charge in [-0.25, -0.2) is 9.37 Å². The third kappa shape index (κ3) is 5.18. The van der Waals surface area contributed by atoms with Gasteiger partial charge in [-0.15, -0.1) is 0 Å². The number of hydrogen-bond donors (Lipinski definition) is 1. The van der Waals surface area contributed by atoms with Gasteiger partial charge in [0.25, 0.3) is 0 Å². The molecule has 5 aromatic carbocycles. The van der Waals surface area contributed by atoms with E-state index in [4.69, 9.17) is 10.8 Å². The molecule has 0 aliphatic carbocycles. The van der Waals surface area contributed by atoms with Crippen LogP contribution in [0.1, 0.15) is 27.0 Å². The SMILES string of the molecule is NC(=O)c1ccc(-c2cnc3ccc(-c4cn(C(c5ccccc5)(c5ccccc5)c5ccccc5)nc4-c4ccc(F)cc4)cn23)cc1. The topological polar surface area (TPSA) is 78.2 Å². The number of halogens is 1. The van der Waals surface area contributed by atoms with Crippen LogP contribution in [0.2, 0.25) is 0 Å². The third-order valence-electron chi connectivity index (χ3n) is 9.03. The van der Waals surface area contributed by atoms with E-state index in [2.05, 4.69) is 47.6 Å². The van der Waals surface area contributed by atoms with E-state index in [9.17, 15) is 9.18 Å². The standard InChI is InChI=1S/C42H30FN5O/c43-36-23-20-30(21-24-36)40-37(32-22-25-39-45-26-38(47(39)27-32)29-16-18-31(19-17-29)41(44)49)28-48(46-40)42(33-10-4-1-5-11-33,34-12-6-2-7-13-34)35-14-8-3-9-15-35/h1-28H,(H2,44,49). The van der Waals surface area contributed by atoms with Crippen molar-refractivity contribution in [2.45, 2.75) is 5.54 Å². The van der Waals surface area contributed by atoms with Gasteiger partial charge >= 0.3 is 0 Å². The number of nitrogens with zero attached hydrogens (tertiary/aromatic N) is 4. The lowest BCUT2D eigenvalue weighted by atomic mass is 9.77. The Labute approximate surface area is 282 Å². The Morgan fingerprint density at radius 1 is 0.612 bits per heavy atom. The number of benzene rings is 5. The number of amides is 1. The zero-order chi connectivity index (χ0) is 33.4. The van der Waals surface area contributed by atoms with Crippen molar-refractivity contribution >= 4 is 11.6 Å². The molecule has 6 nitrogen and oxygen atoms in total. The molecule has 0 aliphatic rings. The highest BCUT2D eigenvalue weighted by molar-refractivity contribution is 5.93. The van der Waals surface area contributed by atoms with E-state index in [1.165, 1.54) is 12.1 Å². The van der Waals surface area contributed by atoms with Crippen molar-refractivity contribution in [2.75, 3.05) is 0 Å².